The first-order chi connectivity index (χ1) is 12.4. The lowest BCUT2D eigenvalue weighted by Gasteiger charge is -2.27. The van der Waals surface area contributed by atoms with Gasteiger partial charge >= 0.3 is 0 Å². The molecule has 0 radical (unpaired) electrons. The molecule has 0 saturated carbocycles. The Morgan fingerprint density at radius 2 is 1.52 bits per heavy atom. The first-order valence-corrected chi connectivity index (χ1v) is 9.59. The number of unbranched alkanes of at least 4 members (excludes halogenated alkanes) is 1. The molecule has 1 N–H and O–H groups in total. The Morgan fingerprint density at radius 1 is 0.815 bits per heavy atom. The number of halogens is 2. The summed E-state index contributed by atoms with van der Waals surface area (Å²) >= 11 is 0. The average Bonchev–Trinajstić information content (AvgIpc) is 2.68. The van der Waals surface area contributed by atoms with Crippen LogP contribution < -0.4 is 10.1 Å². The topological polar surface area (TPSA) is 24.5 Å². The highest BCUT2D eigenvalue weighted by atomic mass is 35.5. The van der Waals surface area contributed by atoms with E-state index in [9.17, 15) is 0 Å². The molecule has 1 saturated heterocycles. The summed E-state index contributed by atoms with van der Waals surface area (Å²) in [6, 6.07) is 19.2. The number of benzene rings is 2. The molecule has 1 heterocycles. The van der Waals surface area contributed by atoms with Crippen molar-refractivity contribution in [1.82, 2.24) is 10.2 Å². The zero-order valence-corrected chi connectivity index (χ0v) is 17.6. The smallest absolute Gasteiger partial charge is 0.122 e. The number of para-hydroxylation sites is 1. The fourth-order valence-corrected chi connectivity index (χ4v) is 3.33. The summed E-state index contributed by atoms with van der Waals surface area (Å²) in [5, 5.41) is 3.40. The predicted molar refractivity (Wildman–Crippen MR) is 119 cm³/mol. The number of nitrogens with one attached hydrogen (secondary N) is 1. The molecule has 3 rings (SSSR count). The molecule has 2 aromatic rings. The van der Waals surface area contributed by atoms with Crippen LogP contribution in [0.1, 0.15) is 24.0 Å². The van der Waals surface area contributed by atoms with E-state index in [1.807, 2.05) is 0 Å². The van der Waals surface area contributed by atoms with Crippen LogP contribution in [0.15, 0.2) is 54.6 Å². The summed E-state index contributed by atoms with van der Waals surface area (Å²) in [6.45, 7) is 6.64. The van der Waals surface area contributed by atoms with Gasteiger partial charge in [0.25, 0.3) is 0 Å². The van der Waals surface area contributed by atoms with Crippen molar-refractivity contribution in [3.63, 3.8) is 0 Å². The summed E-state index contributed by atoms with van der Waals surface area (Å²) in [7, 11) is 0. The minimum atomic E-state index is 0. The van der Waals surface area contributed by atoms with Gasteiger partial charge in [-0.1, -0.05) is 48.5 Å². The monoisotopic (exact) mass is 410 g/mol. The molecule has 1 aliphatic heterocycles. The maximum Gasteiger partial charge on any atom is 0.122 e. The Morgan fingerprint density at radius 3 is 2.30 bits per heavy atom. The molecule has 0 atom stereocenters. The molecule has 0 amide bonds. The first-order valence-electron chi connectivity index (χ1n) is 9.59. The first kappa shape index (κ1) is 23.8. The Kier molecular flexibility index (Phi) is 12.2. The lowest BCUT2D eigenvalue weighted by molar-refractivity contribution is 0.225. The Labute approximate surface area is 176 Å². The van der Waals surface area contributed by atoms with Crippen molar-refractivity contribution in [1.29, 1.82) is 0 Å². The van der Waals surface area contributed by atoms with Gasteiger partial charge in [-0.2, -0.15) is 0 Å². The molecule has 1 aliphatic rings. The number of hydrogen-bond donors (Lipinski definition) is 1. The van der Waals surface area contributed by atoms with Crippen molar-refractivity contribution >= 4 is 24.8 Å². The second-order valence-electron chi connectivity index (χ2n) is 6.74. The van der Waals surface area contributed by atoms with E-state index in [1.165, 1.54) is 37.2 Å². The number of ether oxygens (including phenoxy) is 1. The fourth-order valence-electron chi connectivity index (χ4n) is 3.33. The maximum atomic E-state index is 6.08. The van der Waals surface area contributed by atoms with E-state index in [4.69, 9.17) is 4.74 Å². The zero-order valence-electron chi connectivity index (χ0n) is 15.9. The van der Waals surface area contributed by atoms with Crippen LogP contribution >= 0.6 is 24.8 Å². The van der Waals surface area contributed by atoms with E-state index in [2.05, 4.69) is 64.8 Å². The van der Waals surface area contributed by atoms with Crippen LogP contribution in [-0.2, 0) is 12.8 Å². The summed E-state index contributed by atoms with van der Waals surface area (Å²) in [5.74, 6) is 1.06. The molecular weight excluding hydrogens is 379 g/mol. The van der Waals surface area contributed by atoms with Gasteiger partial charge in [-0.3, -0.25) is 0 Å². The van der Waals surface area contributed by atoms with Gasteiger partial charge in [0.2, 0.25) is 0 Å². The predicted octanol–water partition coefficient (Wildman–Crippen LogP) is 4.38. The van der Waals surface area contributed by atoms with Crippen LogP contribution in [0.2, 0.25) is 0 Å². The zero-order chi connectivity index (χ0) is 17.2. The largest absolute Gasteiger partial charge is 0.493 e. The summed E-state index contributed by atoms with van der Waals surface area (Å²) in [6.07, 6.45) is 4.42. The van der Waals surface area contributed by atoms with Gasteiger partial charge in [0, 0.05) is 26.2 Å². The minimum Gasteiger partial charge on any atom is -0.493 e. The second kappa shape index (κ2) is 13.8. The Bertz CT molecular complexity index is 619. The summed E-state index contributed by atoms with van der Waals surface area (Å²) in [4.78, 5) is 2.55. The third kappa shape index (κ3) is 8.52. The highest BCUT2D eigenvalue weighted by molar-refractivity contribution is 5.85. The molecule has 0 bridgehead atoms. The molecule has 0 aliphatic carbocycles. The van der Waals surface area contributed by atoms with Crippen LogP contribution in [0.25, 0.3) is 0 Å². The number of nitrogens with zero attached hydrogens (tertiary/aromatic N) is 1. The van der Waals surface area contributed by atoms with E-state index in [0.717, 1.165) is 44.7 Å². The molecule has 0 aromatic heterocycles. The molecule has 0 unspecified atom stereocenters. The van der Waals surface area contributed by atoms with E-state index in [1.54, 1.807) is 0 Å². The van der Waals surface area contributed by atoms with Gasteiger partial charge in [0.05, 0.1) is 6.61 Å². The van der Waals surface area contributed by atoms with Gasteiger partial charge in [-0.15, -0.1) is 24.8 Å². The van der Waals surface area contributed by atoms with Crippen LogP contribution in [0.5, 0.6) is 5.75 Å². The highest BCUT2D eigenvalue weighted by Crippen LogP contribution is 2.20. The number of piperazine rings is 1. The van der Waals surface area contributed by atoms with Crippen molar-refractivity contribution in [3.05, 3.63) is 65.7 Å². The molecule has 2 aromatic carbocycles. The van der Waals surface area contributed by atoms with Crippen LogP contribution in [0.3, 0.4) is 0 Å². The van der Waals surface area contributed by atoms with Gasteiger partial charge in [0.1, 0.15) is 5.75 Å². The van der Waals surface area contributed by atoms with E-state index >= 15 is 0 Å². The van der Waals surface area contributed by atoms with Crippen LogP contribution in [-0.4, -0.2) is 44.2 Å². The van der Waals surface area contributed by atoms with Crippen LogP contribution in [0.4, 0.5) is 0 Å². The van der Waals surface area contributed by atoms with E-state index in [-0.39, 0.29) is 24.8 Å². The third-order valence-electron chi connectivity index (χ3n) is 4.83. The fraction of sp³-hybridized carbons (Fsp3) is 0.455. The Balaban J connectivity index is 0.00000182. The standard InChI is InChI=1S/C22H30N2O.2ClH/c1-2-8-20(9-3-1)12-13-21-10-4-5-11-22(21)25-19-7-6-16-24-17-14-23-15-18-24;;/h1-5,8-11,23H,6-7,12-19H2;2*1H. The summed E-state index contributed by atoms with van der Waals surface area (Å²) in [5.41, 5.74) is 2.70. The van der Waals surface area contributed by atoms with Crippen molar-refractivity contribution < 1.29 is 4.74 Å². The van der Waals surface area contributed by atoms with E-state index < -0.39 is 0 Å². The number of rotatable bonds is 9. The molecule has 0 spiro atoms. The molecule has 1 fully saturated rings. The quantitative estimate of drug-likeness (QED) is 0.620. The normalized spacial score (nSPS) is 14.1. The highest BCUT2D eigenvalue weighted by Gasteiger charge is 2.08. The maximum absolute atomic E-state index is 6.08. The molecule has 27 heavy (non-hydrogen) atoms. The third-order valence-corrected chi connectivity index (χ3v) is 4.83. The average molecular weight is 411 g/mol. The lowest BCUT2D eigenvalue weighted by atomic mass is 10.0. The minimum absolute atomic E-state index is 0. The van der Waals surface area contributed by atoms with Crippen molar-refractivity contribution in [2.24, 2.45) is 0 Å². The lowest BCUT2D eigenvalue weighted by Crippen LogP contribution is -2.43. The Hall–Kier alpha value is -1.26. The van der Waals surface area contributed by atoms with Crippen molar-refractivity contribution in [2.75, 3.05) is 39.3 Å². The van der Waals surface area contributed by atoms with Gasteiger partial charge in [-0.25, -0.2) is 0 Å². The molecular formula is C22H32Cl2N2O. The van der Waals surface area contributed by atoms with Crippen LogP contribution in [0, 0.1) is 0 Å². The molecule has 3 nitrogen and oxygen atoms in total. The van der Waals surface area contributed by atoms with Crippen molar-refractivity contribution in [2.45, 2.75) is 25.7 Å². The van der Waals surface area contributed by atoms with E-state index in [0.29, 0.717) is 0 Å². The number of aryl methyl sites for hydroxylation is 2. The number of hydrogen-bond acceptors (Lipinski definition) is 3. The molecule has 5 heteroatoms. The van der Waals surface area contributed by atoms with Gasteiger partial charge < -0.3 is 15.0 Å². The summed E-state index contributed by atoms with van der Waals surface area (Å²) < 4.78 is 6.08. The van der Waals surface area contributed by atoms with Crippen molar-refractivity contribution in [3.8, 4) is 5.75 Å². The second-order valence-corrected chi connectivity index (χ2v) is 6.74. The van der Waals surface area contributed by atoms with Gasteiger partial charge in [0.15, 0.2) is 0 Å². The molecule has 150 valence electrons. The van der Waals surface area contributed by atoms with Gasteiger partial charge in [-0.05, 0) is 49.4 Å². The SMILES string of the molecule is Cl.Cl.c1ccc(CCc2ccccc2OCCCCN2CCNCC2)cc1.